The zero-order valence-electron chi connectivity index (χ0n) is 12.1. The van der Waals surface area contributed by atoms with Gasteiger partial charge in [-0.15, -0.1) is 11.3 Å². The second-order valence-electron chi connectivity index (χ2n) is 5.03. The predicted molar refractivity (Wildman–Crippen MR) is 84.2 cm³/mol. The quantitative estimate of drug-likeness (QED) is 0.626. The van der Waals surface area contributed by atoms with Crippen LogP contribution in [0.2, 0.25) is 0 Å². The molecule has 0 unspecified atom stereocenters. The molecule has 0 bridgehead atoms. The van der Waals surface area contributed by atoms with Gasteiger partial charge in [-0.25, -0.2) is 14.4 Å². The minimum Gasteiger partial charge on any atom is -0.458 e. The Bertz CT molecular complexity index is 626. The molecule has 2 aromatic heterocycles. The maximum atomic E-state index is 13.7. The lowest BCUT2D eigenvalue weighted by Gasteiger charge is -2.23. The molecule has 22 heavy (non-hydrogen) atoms. The van der Waals surface area contributed by atoms with Gasteiger partial charge in [-0.05, 0) is 30.7 Å². The molecule has 3 heterocycles. The number of ether oxygens (including phenoxy) is 1. The molecule has 5 nitrogen and oxygen atoms in total. The molecule has 1 fully saturated rings. The molecule has 2 aromatic rings. The third-order valence-electron chi connectivity index (χ3n) is 3.36. The fourth-order valence-corrected chi connectivity index (χ4v) is 2.82. The number of nitrogens with zero attached hydrogens (tertiary/aromatic N) is 4. The summed E-state index contributed by atoms with van der Waals surface area (Å²) in [5, 5.41) is 1.97. The van der Waals surface area contributed by atoms with E-state index < -0.39 is 5.82 Å². The Kier molecular flexibility index (Phi) is 4.95. The second kappa shape index (κ2) is 7.31. The predicted octanol–water partition coefficient (Wildman–Crippen LogP) is 3.40. The largest absolute Gasteiger partial charge is 0.458 e. The highest BCUT2D eigenvalue weighted by Gasteiger charge is 2.09. The van der Waals surface area contributed by atoms with Crippen LogP contribution in [-0.2, 0) is 6.61 Å². The molecule has 1 aliphatic rings. The van der Waals surface area contributed by atoms with Crippen LogP contribution in [0.5, 0.6) is 6.01 Å². The SMILES string of the molecule is Fc1cnc(OCc2cccs2)nc1N=CN1CCCCC1. The van der Waals surface area contributed by atoms with Crippen molar-refractivity contribution in [3.8, 4) is 6.01 Å². The molecular weight excluding hydrogens is 303 g/mol. The molecule has 116 valence electrons. The first-order chi connectivity index (χ1) is 10.8. The number of hydrogen-bond donors (Lipinski definition) is 0. The van der Waals surface area contributed by atoms with Crippen LogP contribution in [0.4, 0.5) is 10.2 Å². The maximum Gasteiger partial charge on any atom is 0.318 e. The van der Waals surface area contributed by atoms with Crippen LogP contribution in [-0.4, -0.2) is 34.3 Å². The Morgan fingerprint density at radius 1 is 1.36 bits per heavy atom. The number of aromatic nitrogens is 2. The van der Waals surface area contributed by atoms with Crippen LogP contribution < -0.4 is 4.74 Å². The Morgan fingerprint density at radius 3 is 3.00 bits per heavy atom. The summed E-state index contributed by atoms with van der Waals surface area (Å²) in [6.45, 7) is 2.29. The van der Waals surface area contributed by atoms with Crippen molar-refractivity contribution in [2.45, 2.75) is 25.9 Å². The number of aliphatic imine (C=N–C) groups is 1. The molecule has 0 saturated carbocycles. The monoisotopic (exact) mass is 320 g/mol. The van der Waals surface area contributed by atoms with E-state index in [-0.39, 0.29) is 11.8 Å². The van der Waals surface area contributed by atoms with E-state index in [1.165, 1.54) is 6.42 Å². The minimum absolute atomic E-state index is 0.0155. The topological polar surface area (TPSA) is 50.6 Å². The molecule has 0 spiro atoms. The van der Waals surface area contributed by atoms with E-state index in [9.17, 15) is 4.39 Å². The van der Waals surface area contributed by atoms with Gasteiger partial charge in [-0.3, -0.25) is 0 Å². The van der Waals surface area contributed by atoms with E-state index in [1.54, 1.807) is 17.7 Å². The zero-order valence-corrected chi connectivity index (χ0v) is 12.9. The molecular formula is C15H17FN4OS. The molecule has 0 atom stereocenters. The summed E-state index contributed by atoms with van der Waals surface area (Å²) >= 11 is 1.59. The van der Waals surface area contributed by atoms with Gasteiger partial charge in [0.15, 0.2) is 11.6 Å². The van der Waals surface area contributed by atoms with E-state index in [2.05, 4.69) is 19.9 Å². The van der Waals surface area contributed by atoms with Gasteiger partial charge in [-0.1, -0.05) is 6.07 Å². The van der Waals surface area contributed by atoms with E-state index in [0.29, 0.717) is 6.61 Å². The molecule has 1 aliphatic heterocycles. The third kappa shape index (κ3) is 4.00. The highest BCUT2D eigenvalue weighted by Crippen LogP contribution is 2.18. The standard InChI is InChI=1S/C15H17FN4OS/c16-13-9-17-15(21-10-12-5-4-8-22-12)19-14(13)18-11-20-6-2-1-3-7-20/h4-5,8-9,11H,1-3,6-7,10H2. The number of halogens is 1. The molecule has 0 aliphatic carbocycles. The Balaban J connectivity index is 1.65. The lowest BCUT2D eigenvalue weighted by Crippen LogP contribution is -2.28. The van der Waals surface area contributed by atoms with Crippen LogP contribution in [0, 0.1) is 5.82 Å². The van der Waals surface area contributed by atoms with Gasteiger partial charge < -0.3 is 9.64 Å². The molecule has 7 heteroatoms. The molecule has 1 saturated heterocycles. The fourth-order valence-electron chi connectivity index (χ4n) is 2.20. The first-order valence-corrected chi connectivity index (χ1v) is 8.15. The van der Waals surface area contributed by atoms with E-state index in [1.807, 2.05) is 17.5 Å². The highest BCUT2D eigenvalue weighted by molar-refractivity contribution is 7.09. The molecule has 0 amide bonds. The molecule has 0 aromatic carbocycles. The summed E-state index contributed by atoms with van der Waals surface area (Å²) in [5.41, 5.74) is 0. The van der Waals surface area contributed by atoms with Crippen molar-refractivity contribution >= 4 is 23.5 Å². The van der Waals surface area contributed by atoms with Gasteiger partial charge in [0.1, 0.15) is 6.61 Å². The first-order valence-electron chi connectivity index (χ1n) is 7.27. The van der Waals surface area contributed by atoms with Gasteiger partial charge in [0.05, 0.1) is 12.5 Å². The number of hydrogen-bond acceptors (Lipinski definition) is 5. The van der Waals surface area contributed by atoms with Crippen LogP contribution >= 0.6 is 11.3 Å². The summed E-state index contributed by atoms with van der Waals surface area (Å²) in [6.07, 6.45) is 6.29. The number of rotatable bonds is 5. The first kappa shape index (κ1) is 14.9. The fraction of sp³-hybridized carbons (Fsp3) is 0.400. The molecule has 0 radical (unpaired) electrons. The van der Waals surface area contributed by atoms with E-state index in [0.717, 1.165) is 37.0 Å². The number of likely N-dealkylation sites (tertiary alicyclic amines) is 1. The second-order valence-corrected chi connectivity index (χ2v) is 6.07. The van der Waals surface area contributed by atoms with Gasteiger partial charge in [0, 0.05) is 18.0 Å². The van der Waals surface area contributed by atoms with Crippen LogP contribution in [0.1, 0.15) is 24.1 Å². The van der Waals surface area contributed by atoms with Crippen molar-refractivity contribution in [2.75, 3.05) is 13.1 Å². The Labute approximate surface area is 132 Å². The zero-order chi connectivity index (χ0) is 15.2. The van der Waals surface area contributed by atoms with Crippen molar-refractivity contribution in [3.05, 3.63) is 34.4 Å². The smallest absolute Gasteiger partial charge is 0.318 e. The number of piperidine rings is 1. The summed E-state index contributed by atoms with van der Waals surface area (Å²) in [6, 6.07) is 4.05. The molecule has 3 rings (SSSR count). The molecule has 0 N–H and O–H groups in total. The lowest BCUT2D eigenvalue weighted by molar-refractivity contribution is 0.283. The Morgan fingerprint density at radius 2 is 2.23 bits per heavy atom. The highest BCUT2D eigenvalue weighted by atomic mass is 32.1. The van der Waals surface area contributed by atoms with Crippen LogP contribution in [0.3, 0.4) is 0 Å². The summed E-state index contributed by atoms with van der Waals surface area (Å²) in [5.74, 6) is -0.529. The van der Waals surface area contributed by atoms with Crippen molar-refractivity contribution in [1.82, 2.24) is 14.9 Å². The summed E-state index contributed by atoms with van der Waals surface area (Å²) in [4.78, 5) is 15.1. The van der Waals surface area contributed by atoms with Crippen LogP contribution in [0.25, 0.3) is 0 Å². The van der Waals surface area contributed by atoms with Crippen molar-refractivity contribution in [2.24, 2.45) is 4.99 Å². The van der Waals surface area contributed by atoms with Gasteiger partial charge in [0.2, 0.25) is 0 Å². The van der Waals surface area contributed by atoms with E-state index >= 15 is 0 Å². The van der Waals surface area contributed by atoms with Crippen molar-refractivity contribution < 1.29 is 9.13 Å². The average Bonchev–Trinajstić information content (AvgIpc) is 3.07. The van der Waals surface area contributed by atoms with Crippen molar-refractivity contribution in [1.29, 1.82) is 0 Å². The van der Waals surface area contributed by atoms with Gasteiger partial charge >= 0.3 is 6.01 Å². The summed E-state index contributed by atoms with van der Waals surface area (Å²) in [7, 11) is 0. The van der Waals surface area contributed by atoms with Gasteiger partial charge in [-0.2, -0.15) is 4.98 Å². The normalized spacial score (nSPS) is 15.4. The number of thiophene rings is 1. The maximum absolute atomic E-state index is 13.7. The average molecular weight is 320 g/mol. The lowest BCUT2D eigenvalue weighted by atomic mass is 10.1. The van der Waals surface area contributed by atoms with Gasteiger partial charge in [0.25, 0.3) is 0 Å². The van der Waals surface area contributed by atoms with E-state index in [4.69, 9.17) is 4.74 Å². The van der Waals surface area contributed by atoms with Crippen LogP contribution in [0.15, 0.2) is 28.7 Å². The third-order valence-corrected chi connectivity index (χ3v) is 4.21. The summed E-state index contributed by atoms with van der Waals surface area (Å²) < 4.78 is 19.2. The minimum atomic E-state index is -0.545. The Hall–Kier alpha value is -2.02. The van der Waals surface area contributed by atoms with Crippen molar-refractivity contribution in [3.63, 3.8) is 0 Å².